The van der Waals surface area contributed by atoms with Crippen LogP contribution in [0, 0.1) is 0 Å². The zero-order valence-electron chi connectivity index (χ0n) is 7.07. The van der Waals surface area contributed by atoms with Crippen molar-refractivity contribution in [1.82, 2.24) is 0 Å². The summed E-state index contributed by atoms with van der Waals surface area (Å²) in [7, 11) is 0. The van der Waals surface area contributed by atoms with Crippen molar-refractivity contribution in [3.63, 3.8) is 0 Å². The van der Waals surface area contributed by atoms with E-state index in [0.717, 1.165) is 0 Å². The maximum atomic E-state index is 3.29. The number of rotatable bonds is 1. The van der Waals surface area contributed by atoms with E-state index in [0.29, 0.717) is 0 Å². The van der Waals surface area contributed by atoms with E-state index < -0.39 is 0 Å². The van der Waals surface area contributed by atoms with E-state index in [9.17, 15) is 0 Å². The Morgan fingerprint density at radius 2 is 1.69 bits per heavy atom. The molecule has 0 bridgehead atoms. The van der Waals surface area contributed by atoms with Crippen LogP contribution in [0.1, 0.15) is 5.56 Å². The second-order valence-electron chi connectivity index (χ2n) is 2.86. The lowest BCUT2D eigenvalue weighted by atomic mass is 10.1. The highest BCUT2D eigenvalue weighted by atomic mass is 79.9. The van der Waals surface area contributed by atoms with Gasteiger partial charge in [0.15, 0.2) is 0 Å². The Balaban J connectivity index is 2.75. The molecular weight excluding hydrogens is 224 g/mol. The van der Waals surface area contributed by atoms with E-state index in [1.54, 1.807) is 0 Å². The molecule has 2 aromatic carbocycles. The first-order valence-corrected chi connectivity index (χ1v) is 5.08. The van der Waals surface area contributed by atoms with Crippen molar-refractivity contribution in [2.75, 3.05) is 0 Å². The molecule has 0 nitrogen and oxygen atoms in total. The van der Waals surface area contributed by atoms with Gasteiger partial charge >= 0.3 is 0 Å². The van der Waals surface area contributed by atoms with Gasteiger partial charge in [0, 0.05) is 0 Å². The summed E-state index contributed by atoms with van der Waals surface area (Å²) in [6, 6.07) is 14.7. The lowest BCUT2D eigenvalue weighted by Gasteiger charge is -2.00. The third-order valence-corrected chi connectivity index (χ3v) is 2.33. The molecule has 0 unspecified atom stereocenters. The molecular formula is C12H9Br. The van der Waals surface area contributed by atoms with Crippen molar-refractivity contribution in [2.24, 2.45) is 0 Å². The SMILES string of the molecule is Br/C=C\c1cccc2ccccc12. The monoisotopic (exact) mass is 232 g/mol. The third kappa shape index (κ3) is 1.65. The summed E-state index contributed by atoms with van der Waals surface area (Å²) in [6.45, 7) is 0. The topological polar surface area (TPSA) is 0 Å². The molecule has 0 saturated carbocycles. The second-order valence-corrected chi connectivity index (χ2v) is 3.39. The van der Waals surface area contributed by atoms with Gasteiger partial charge < -0.3 is 0 Å². The van der Waals surface area contributed by atoms with Crippen LogP contribution < -0.4 is 0 Å². The molecule has 0 saturated heterocycles. The Hall–Kier alpha value is -1.08. The molecule has 1 heteroatoms. The Morgan fingerprint density at radius 3 is 2.54 bits per heavy atom. The highest BCUT2D eigenvalue weighted by molar-refractivity contribution is 9.11. The smallest absolute Gasteiger partial charge is 0.0111 e. The van der Waals surface area contributed by atoms with E-state index >= 15 is 0 Å². The van der Waals surface area contributed by atoms with Crippen LogP contribution in [0.5, 0.6) is 0 Å². The molecule has 0 fully saturated rings. The highest BCUT2D eigenvalue weighted by Gasteiger charge is 1.94. The third-order valence-electron chi connectivity index (χ3n) is 2.07. The highest BCUT2D eigenvalue weighted by Crippen LogP contribution is 2.19. The van der Waals surface area contributed by atoms with Crippen LogP contribution in [-0.4, -0.2) is 0 Å². The zero-order valence-corrected chi connectivity index (χ0v) is 8.66. The first-order valence-electron chi connectivity index (χ1n) is 4.16. The minimum Gasteiger partial charge on any atom is -0.0616 e. The molecule has 0 N–H and O–H groups in total. The van der Waals surface area contributed by atoms with Crippen molar-refractivity contribution in [2.45, 2.75) is 0 Å². The summed E-state index contributed by atoms with van der Waals surface area (Å²) in [6.07, 6.45) is 2.06. The predicted molar refractivity (Wildman–Crippen MR) is 61.9 cm³/mol. The Labute approximate surface area is 86.0 Å². The molecule has 64 valence electrons. The van der Waals surface area contributed by atoms with E-state index in [4.69, 9.17) is 0 Å². The summed E-state index contributed by atoms with van der Waals surface area (Å²) in [5, 5.41) is 2.58. The van der Waals surface area contributed by atoms with Crippen LogP contribution in [0.4, 0.5) is 0 Å². The minimum absolute atomic E-state index is 1.25. The van der Waals surface area contributed by atoms with E-state index in [1.807, 2.05) is 4.99 Å². The standard InChI is InChI=1S/C12H9Br/c13-9-8-11-6-3-5-10-4-1-2-7-12(10)11/h1-9H/b9-8-. The minimum atomic E-state index is 1.25. The fourth-order valence-corrected chi connectivity index (χ4v) is 1.75. The number of hydrogen-bond acceptors (Lipinski definition) is 0. The van der Waals surface area contributed by atoms with E-state index in [1.165, 1.54) is 16.3 Å². The van der Waals surface area contributed by atoms with Gasteiger partial charge in [-0.15, -0.1) is 0 Å². The quantitative estimate of drug-likeness (QED) is 0.692. The predicted octanol–water partition coefficient (Wildman–Crippen LogP) is 4.21. The first kappa shape index (κ1) is 8.52. The average Bonchev–Trinajstić information content (AvgIpc) is 2.19. The molecule has 0 amide bonds. The molecule has 0 atom stereocenters. The number of halogens is 1. The fraction of sp³-hybridized carbons (Fsp3) is 0. The lowest BCUT2D eigenvalue weighted by molar-refractivity contribution is 1.72. The van der Waals surface area contributed by atoms with Gasteiger partial charge in [0.2, 0.25) is 0 Å². The summed E-state index contributed by atoms with van der Waals surface area (Å²) in [5.74, 6) is 0. The summed E-state index contributed by atoms with van der Waals surface area (Å²) >= 11 is 3.29. The molecule has 0 aromatic heterocycles. The van der Waals surface area contributed by atoms with Crippen LogP contribution in [-0.2, 0) is 0 Å². The molecule has 2 aromatic rings. The normalized spacial score (nSPS) is 11.2. The molecule has 0 radical (unpaired) electrons. The van der Waals surface area contributed by atoms with Crippen molar-refractivity contribution in [3.05, 3.63) is 53.0 Å². The summed E-state index contributed by atoms with van der Waals surface area (Å²) in [5.41, 5.74) is 1.25. The first-order chi connectivity index (χ1) is 6.42. The Morgan fingerprint density at radius 1 is 0.923 bits per heavy atom. The van der Waals surface area contributed by atoms with Gasteiger partial charge in [-0.25, -0.2) is 0 Å². The Kier molecular flexibility index (Phi) is 2.46. The second kappa shape index (κ2) is 3.75. The van der Waals surface area contributed by atoms with Gasteiger partial charge in [-0.05, 0) is 27.4 Å². The molecule has 0 aliphatic heterocycles. The van der Waals surface area contributed by atoms with E-state index in [2.05, 4.69) is 64.5 Å². The zero-order chi connectivity index (χ0) is 9.10. The van der Waals surface area contributed by atoms with Crippen LogP contribution in [0.15, 0.2) is 47.4 Å². The van der Waals surface area contributed by atoms with Crippen LogP contribution in [0.2, 0.25) is 0 Å². The molecule has 13 heavy (non-hydrogen) atoms. The molecule has 0 spiro atoms. The fourth-order valence-electron chi connectivity index (χ4n) is 1.46. The number of benzene rings is 2. The molecule has 0 aliphatic rings. The van der Waals surface area contributed by atoms with Crippen LogP contribution in [0.3, 0.4) is 0 Å². The maximum absolute atomic E-state index is 3.29. The van der Waals surface area contributed by atoms with Crippen molar-refractivity contribution in [1.29, 1.82) is 0 Å². The lowest BCUT2D eigenvalue weighted by Crippen LogP contribution is -1.76. The van der Waals surface area contributed by atoms with Crippen molar-refractivity contribution in [3.8, 4) is 0 Å². The van der Waals surface area contributed by atoms with Gasteiger partial charge in [-0.1, -0.05) is 58.4 Å². The van der Waals surface area contributed by atoms with Gasteiger partial charge in [-0.3, -0.25) is 0 Å². The Bertz CT molecular complexity index is 438. The molecule has 0 aliphatic carbocycles. The summed E-state index contributed by atoms with van der Waals surface area (Å²) < 4.78 is 0. The molecule has 0 heterocycles. The van der Waals surface area contributed by atoms with Gasteiger partial charge in [-0.2, -0.15) is 0 Å². The molecule has 2 rings (SSSR count). The summed E-state index contributed by atoms with van der Waals surface area (Å²) in [4.78, 5) is 1.88. The van der Waals surface area contributed by atoms with E-state index in [-0.39, 0.29) is 0 Å². The van der Waals surface area contributed by atoms with Gasteiger partial charge in [0.1, 0.15) is 0 Å². The number of hydrogen-bond donors (Lipinski definition) is 0. The maximum Gasteiger partial charge on any atom is -0.0111 e. The van der Waals surface area contributed by atoms with Crippen LogP contribution >= 0.6 is 15.9 Å². The largest absolute Gasteiger partial charge is 0.0616 e. The van der Waals surface area contributed by atoms with Gasteiger partial charge in [0.05, 0.1) is 0 Å². The average molecular weight is 233 g/mol. The van der Waals surface area contributed by atoms with Gasteiger partial charge in [0.25, 0.3) is 0 Å². The number of fused-ring (bicyclic) bond motifs is 1. The van der Waals surface area contributed by atoms with Crippen molar-refractivity contribution >= 4 is 32.8 Å². The van der Waals surface area contributed by atoms with Crippen molar-refractivity contribution < 1.29 is 0 Å². The van der Waals surface area contributed by atoms with Crippen LogP contribution in [0.25, 0.3) is 16.8 Å².